The van der Waals surface area contributed by atoms with Gasteiger partial charge in [0.25, 0.3) is 5.91 Å². The molecule has 0 saturated carbocycles. The molecule has 164 valence electrons. The highest BCUT2D eigenvalue weighted by Crippen LogP contribution is 2.37. The second-order valence-electron chi connectivity index (χ2n) is 6.99. The average molecular weight is 452 g/mol. The van der Waals surface area contributed by atoms with Crippen molar-refractivity contribution in [1.82, 2.24) is 5.32 Å². The number of hydrogen-bond acceptors (Lipinski definition) is 4. The predicted molar refractivity (Wildman–Crippen MR) is 123 cm³/mol. The zero-order valence-corrected chi connectivity index (χ0v) is 18.3. The molecule has 0 aliphatic rings. The Balaban J connectivity index is 1.83. The van der Waals surface area contributed by atoms with Gasteiger partial charge in [0.1, 0.15) is 12.3 Å². The largest absolute Gasteiger partial charge is 0.493 e. The van der Waals surface area contributed by atoms with E-state index in [1.165, 1.54) is 13.2 Å². The van der Waals surface area contributed by atoms with Gasteiger partial charge in [0, 0.05) is 5.56 Å². The van der Waals surface area contributed by atoms with E-state index in [4.69, 9.17) is 21.1 Å². The van der Waals surface area contributed by atoms with Gasteiger partial charge in [-0.1, -0.05) is 59.6 Å². The number of methoxy groups -OCH3 is 1. The van der Waals surface area contributed by atoms with Crippen LogP contribution in [0.3, 0.4) is 0 Å². The molecule has 32 heavy (non-hydrogen) atoms. The Bertz CT molecular complexity index is 1140. The molecule has 0 aliphatic heterocycles. The van der Waals surface area contributed by atoms with Crippen LogP contribution >= 0.6 is 11.6 Å². The molecular formula is C25H22ClNO5. The third kappa shape index (κ3) is 5.89. The molecule has 1 amide bonds. The molecule has 0 aromatic heterocycles. The van der Waals surface area contributed by atoms with Crippen LogP contribution in [0.2, 0.25) is 5.02 Å². The maximum atomic E-state index is 12.3. The van der Waals surface area contributed by atoms with Crippen LogP contribution in [0.25, 0.3) is 6.08 Å². The van der Waals surface area contributed by atoms with Gasteiger partial charge in [-0.2, -0.15) is 0 Å². The third-order valence-corrected chi connectivity index (χ3v) is 4.86. The zero-order chi connectivity index (χ0) is 23.1. The van der Waals surface area contributed by atoms with E-state index in [1.54, 1.807) is 42.5 Å². The molecule has 3 aromatic carbocycles. The highest BCUT2D eigenvalue weighted by atomic mass is 35.5. The standard InChI is InChI=1S/C25H22ClNO5/c1-16-8-10-17(11-9-16)15-32-23-20(26)12-18(14-22(23)31-2)13-21(25(29)30)27-24(28)19-6-4-3-5-7-19/h3-14H,15H2,1-2H3,(H,27,28)(H,29,30)/b21-13+. The van der Waals surface area contributed by atoms with Crippen molar-refractivity contribution in [1.29, 1.82) is 0 Å². The van der Waals surface area contributed by atoms with Gasteiger partial charge in [-0.3, -0.25) is 4.79 Å². The minimum Gasteiger partial charge on any atom is -0.493 e. The van der Waals surface area contributed by atoms with Crippen molar-refractivity contribution in [2.45, 2.75) is 13.5 Å². The van der Waals surface area contributed by atoms with Crippen LogP contribution in [0.5, 0.6) is 11.5 Å². The smallest absolute Gasteiger partial charge is 0.352 e. The number of rotatable bonds is 8. The van der Waals surface area contributed by atoms with Crippen molar-refractivity contribution >= 4 is 29.6 Å². The van der Waals surface area contributed by atoms with Crippen molar-refractivity contribution < 1.29 is 24.2 Å². The Hall–Kier alpha value is -3.77. The first-order chi connectivity index (χ1) is 15.4. The van der Waals surface area contributed by atoms with Crippen molar-refractivity contribution in [3.05, 3.63) is 99.7 Å². The van der Waals surface area contributed by atoms with Gasteiger partial charge in [-0.25, -0.2) is 4.79 Å². The van der Waals surface area contributed by atoms with Crippen LogP contribution in [0.15, 0.2) is 72.4 Å². The third-order valence-electron chi connectivity index (χ3n) is 4.58. The number of aryl methyl sites for hydroxylation is 1. The van der Waals surface area contributed by atoms with Crippen LogP contribution in [0.4, 0.5) is 0 Å². The number of hydrogen-bond donors (Lipinski definition) is 2. The SMILES string of the molecule is COc1cc(/C=C(/NC(=O)c2ccccc2)C(=O)O)cc(Cl)c1OCc1ccc(C)cc1. The van der Waals surface area contributed by atoms with E-state index in [9.17, 15) is 14.7 Å². The summed E-state index contributed by atoms with van der Waals surface area (Å²) in [6, 6.07) is 19.4. The van der Waals surface area contributed by atoms with Crippen molar-refractivity contribution in [3.8, 4) is 11.5 Å². The maximum absolute atomic E-state index is 12.3. The van der Waals surface area contributed by atoms with E-state index in [-0.39, 0.29) is 10.7 Å². The number of amides is 1. The van der Waals surface area contributed by atoms with E-state index in [2.05, 4.69) is 5.32 Å². The molecule has 6 nitrogen and oxygen atoms in total. The lowest BCUT2D eigenvalue weighted by Gasteiger charge is -2.14. The first-order valence-electron chi connectivity index (χ1n) is 9.74. The number of benzene rings is 3. The molecule has 7 heteroatoms. The summed E-state index contributed by atoms with van der Waals surface area (Å²) < 4.78 is 11.2. The maximum Gasteiger partial charge on any atom is 0.352 e. The summed E-state index contributed by atoms with van der Waals surface area (Å²) in [6.07, 6.45) is 1.31. The Morgan fingerprint density at radius 2 is 1.75 bits per heavy atom. The van der Waals surface area contributed by atoms with Crippen LogP contribution in [-0.4, -0.2) is 24.1 Å². The summed E-state index contributed by atoms with van der Waals surface area (Å²) in [6.45, 7) is 2.30. The lowest BCUT2D eigenvalue weighted by Crippen LogP contribution is -2.27. The lowest BCUT2D eigenvalue weighted by atomic mass is 10.1. The van der Waals surface area contributed by atoms with E-state index in [0.29, 0.717) is 29.2 Å². The molecule has 0 fully saturated rings. The number of carboxylic acids is 1. The van der Waals surface area contributed by atoms with Gasteiger partial charge in [0.05, 0.1) is 12.1 Å². The molecule has 3 rings (SSSR count). The topological polar surface area (TPSA) is 84.9 Å². The molecule has 0 bridgehead atoms. The van der Waals surface area contributed by atoms with E-state index in [1.807, 2.05) is 31.2 Å². The van der Waals surface area contributed by atoms with Crippen molar-refractivity contribution in [2.24, 2.45) is 0 Å². The fourth-order valence-corrected chi connectivity index (χ4v) is 3.18. The molecule has 0 radical (unpaired) electrons. The number of nitrogens with one attached hydrogen (secondary N) is 1. The second kappa shape index (κ2) is 10.5. The van der Waals surface area contributed by atoms with E-state index < -0.39 is 11.9 Å². The molecule has 2 N–H and O–H groups in total. The Kier molecular flexibility index (Phi) is 7.52. The monoisotopic (exact) mass is 451 g/mol. The quantitative estimate of drug-likeness (QED) is 0.466. The molecule has 0 heterocycles. The van der Waals surface area contributed by atoms with Crippen molar-refractivity contribution in [3.63, 3.8) is 0 Å². The zero-order valence-electron chi connectivity index (χ0n) is 17.6. The number of ether oxygens (including phenoxy) is 2. The number of aliphatic carboxylic acids is 1. The fourth-order valence-electron chi connectivity index (χ4n) is 2.90. The van der Waals surface area contributed by atoms with E-state index >= 15 is 0 Å². The molecule has 0 aliphatic carbocycles. The minimum atomic E-state index is -1.29. The van der Waals surface area contributed by atoms with E-state index in [0.717, 1.165) is 11.1 Å². The van der Waals surface area contributed by atoms with Gasteiger partial charge in [0.15, 0.2) is 11.5 Å². The van der Waals surface area contributed by atoms with Gasteiger partial charge in [-0.15, -0.1) is 0 Å². The summed E-state index contributed by atoms with van der Waals surface area (Å²) in [5.74, 6) is -1.13. The van der Waals surface area contributed by atoms with Crippen LogP contribution in [0, 0.1) is 6.92 Å². The van der Waals surface area contributed by atoms with Gasteiger partial charge >= 0.3 is 5.97 Å². The molecule has 0 saturated heterocycles. The van der Waals surface area contributed by atoms with Crippen molar-refractivity contribution in [2.75, 3.05) is 7.11 Å². The van der Waals surface area contributed by atoms with Crippen LogP contribution in [0.1, 0.15) is 27.0 Å². The molecule has 0 atom stereocenters. The second-order valence-corrected chi connectivity index (χ2v) is 7.40. The number of carbonyl (C=O) groups is 2. The fraction of sp³-hybridized carbons (Fsp3) is 0.120. The summed E-state index contributed by atoms with van der Waals surface area (Å²) in [7, 11) is 1.47. The van der Waals surface area contributed by atoms with Crippen LogP contribution in [-0.2, 0) is 11.4 Å². The summed E-state index contributed by atoms with van der Waals surface area (Å²) in [5, 5.41) is 12.2. The predicted octanol–water partition coefficient (Wildman–Crippen LogP) is 5.09. The normalized spacial score (nSPS) is 11.0. The van der Waals surface area contributed by atoms with Gasteiger partial charge < -0.3 is 19.9 Å². The molecule has 0 spiro atoms. The summed E-state index contributed by atoms with van der Waals surface area (Å²) >= 11 is 6.40. The number of carbonyl (C=O) groups excluding carboxylic acids is 1. The van der Waals surface area contributed by atoms with Gasteiger partial charge in [0.2, 0.25) is 0 Å². The first kappa shape index (κ1) is 22.9. The average Bonchev–Trinajstić information content (AvgIpc) is 2.79. The highest BCUT2D eigenvalue weighted by molar-refractivity contribution is 6.32. The number of halogens is 1. The molecular weight excluding hydrogens is 430 g/mol. The summed E-state index contributed by atoms with van der Waals surface area (Å²) in [4.78, 5) is 24.0. The van der Waals surface area contributed by atoms with Gasteiger partial charge in [-0.05, 0) is 48.4 Å². The Morgan fingerprint density at radius 3 is 2.38 bits per heavy atom. The molecule has 3 aromatic rings. The summed E-state index contributed by atoms with van der Waals surface area (Å²) in [5.41, 5.74) is 2.59. The highest BCUT2D eigenvalue weighted by Gasteiger charge is 2.16. The lowest BCUT2D eigenvalue weighted by molar-refractivity contribution is -0.132. The van der Waals surface area contributed by atoms with Crippen LogP contribution < -0.4 is 14.8 Å². The Morgan fingerprint density at radius 1 is 1.06 bits per heavy atom. The first-order valence-corrected chi connectivity index (χ1v) is 10.1. The minimum absolute atomic E-state index is 0.252. The Labute approximate surface area is 191 Å². The molecule has 0 unspecified atom stereocenters. The number of carboxylic acid groups (broad SMARTS) is 1.